The second-order valence-corrected chi connectivity index (χ2v) is 5.23. The molecule has 0 aromatic heterocycles. The monoisotopic (exact) mass is 292 g/mol. The third-order valence-corrected chi connectivity index (χ3v) is 3.75. The lowest BCUT2D eigenvalue weighted by molar-refractivity contribution is 0.00475. The molecule has 1 aromatic carbocycles. The fourth-order valence-electron chi connectivity index (χ4n) is 2.70. The van der Waals surface area contributed by atoms with E-state index in [1.807, 2.05) is 18.2 Å². The third-order valence-electron chi connectivity index (χ3n) is 3.75. The summed E-state index contributed by atoms with van der Waals surface area (Å²) in [6.45, 7) is 2.99. The van der Waals surface area contributed by atoms with Crippen molar-refractivity contribution in [3.63, 3.8) is 0 Å². The van der Waals surface area contributed by atoms with Crippen LogP contribution in [0.1, 0.15) is 24.5 Å². The molecule has 2 atom stereocenters. The summed E-state index contributed by atoms with van der Waals surface area (Å²) in [5.41, 5.74) is 1.20. The summed E-state index contributed by atoms with van der Waals surface area (Å²) in [5.74, 6) is 0.472. The van der Waals surface area contributed by atoms with Gasteiger partial charge < -0.3 is 20.1 Å². The number of hydrogen-bond acceptors (Lipinski definition) is 4. The summed E-state index contributed by atoms with van der Waals surface area (Å²) in [4.78, 5) is 11.0. The van der Waals surface area contributed by atoms with Gasteiger partial charge in [0.25, 0.3) is 0 Å². The standard InChI is InChI=1S/C16H24N2O3/c1-20-16(19)18-10-11-21-15(13-6-3-2-4-7-13)14-8-5-9-17-12-14/h2-4,6-7,14-15,17H,5,8-12H2,1H3,(H,18,19)/t14?,15-/m0/s1. The lowest BCUT2D eigenvalue weighted by Crippen LogP contribution is -2.35. The Bertz CT molecular complexity index is 419. The molecule has 116 valence electrons. The molecule has 0 saturated carbocycles. The zero-order valence-electron chi connectivity index (χ0n) is 12.5. The normalized spacial score (nSPS) is 19.8. The highest BCUT2D eigenvalue weighted by Gasteiger charge is 2.25. The van der Waals surface area contributed by atoms with Gasteiger partial charge in [-0.25, -0.2) is 4.79 Å². The molecule has 1 aliphatic rings. The van der Waals surface area contributed by atoms with Gasteiger partial charge in [-0.3, -0.25) is 0 Å². The molecule has 1 unspecified atom stereocenters. The highest BCUT2D eigenvalue weighted by Crippen LogP contribution is 2.30. The Balaban J connectivity index is 1.91. The van der Waals surface area contributed by atoms with Crippen LogP contribution in [0.5, 0.6) is 0 Å². The van der Waals surface area contributed by atoms with E-state index in [0.717, 1.165) is 19.5 Å². The van der Waals surface area contributed by atoms with Gasteiger partial charge in [0.15, 0.2) is 0 Å². The van der Waals surface area contributed by atoms with Gasteiger partial charge in [-0.05, 0) is 24.9 Å². The number of hydrogen-bond donors (Lipinski definition) is 2. The minimum atomic E-state index is -0.422. The summed E-state index contributed by atoms with van der Waals surface area (Å²) in [7, 11) is 1.36. The molecule has 5 nitrogen and oxygen atoms in total. The van der Waals surface area contributed by atoms with E-state index < -0.39 is 6.09 Å². The van der Waals surface area contributed by atoms with Gasteiger partial charge in [-0.2, -0.15) is 0 Å². The van der Waals surface area contributed by atoms with Gasteiger partial charge in [-0.15, -0.1) is 0 Å². The number of nitrogens with one attached hydrogen (secondary N) is 2. The van der Waals surface area contributed by atoms with Crippen molar-refractivity contribution in [3.8, 4) is 0 Å². The molecular formula is C16H24N2O3. The van der Waals surface area contributed by atoms with Crippen molar-refractivity contribution in [1.82, 2.24) is 10.6 Å². The van der Waals surface area contributed by atoms with E-state index in [1.54, 1.807) is 0 Å². The van der Waals surface area contributed by atoms with Crippen LogP contribution >= 0.6 is 0 Å². The number of alkyl carbamates (subject to hydrolysis) is 1. The van der Waals surface area contributed by atoms with Gasteiger partial charge in [0, 0.05) is 19.0 Å². The number of ether oxygens (including phenoxy) is 2. The number of rotatable bonds is 6. The maximum absolute atomic E-state index is 11.0. The first kappa shape index (κ1) is 15.8. The first-order chi connectivity index (χ1) is 10.3. The van der Waals surface area contributed by atoms with Crippen molar-refractivity contribution in [3.05, 3.63) is 35.9 Å². The fraction of sp³-hybridized carbons (Fsp3) is 0.562. The molecule has 1 amide bonds. The molecule has 0 spiro atoms. The van der Waals surface area contributed by atoms with E-state index in [0.29, 0.717) is 19.1 Å². The Labute approximate surface area is 126 Å². The molecular weight excluding hydrogens is 268 g/mol. The van der Waals surface area contributed by atoms with Crippen LogP contribution in [0.3, 0.4) is 0 Å². The summed E-state index contributed by atoms with van der Waals surface area (Å²) in [5, 5.41) is 6.07. The van der Waals surface area contributed by atoms with Crippen molar-refractivity contribution in [2.75, 3.05) is 33.4 Å². The average Bonchev–Trinajstić information content (AvgIpc) is 2.56. The number of methoxy groups -OCH3 is 1. The fourth-order valence-corrected chi connectivity index (χ4v) is 2.70. The smallest absolute Gasteiger partial charge is 0.406 e. The van der Waals surface area contributed by atoms with Gasteiger partial charge in [0.05, 0.1) is 19.8 Å². The van der Waals surface area contributed by atoms with Crippen molar-refractivity contribution < 1.29 is 14.3 Å². The van der Waals surface area contributed by atoms with Gasteiger partial charge in [0.1, 0.15) is 0 Å². The number of carbonyl (C=O) groups is 1. The zero-order valence-corrected chi connectivity index (χ0v) is 12.5. The lowest BCUT2D eigenvalue weighted by Gasteiger charge is -2.31. The molecule has 1 fully saturated rings. The number of benzene rings is 1. The summed E-state index contributed by atoms with van der Waals surface area (Å²) in [6.07, 6.45) is 1.99. The number of piperidine rings is 1. The first-order valence-corrected chi connectivity index (χ1v) is 7.50. The Kier molecular flexibility index (Phi) is 6.50. The van der Waals surface area contributed by atoms with Crippen LogP contribution in [0.15, 0.2) is 30.3 Å². The third kappa shape index (κ3) is 5.02. The minimum Gasteiger partial charge on any atom is -0.453 e. The maximum atomic E-state index is 11.0. The zero-order chi connectivity index (χ0) is 14.9. The van der Waals surface area contributed by atoms with Crippen molar-refractivity contribution in [2.45, 2.75) is 18.9 Å². The molecule has 2 rings (SSSR count). The maximum Gasteiger partial charge on any atom is 0.406 e. The van der Waals surface area contributed by atoms with Crippen LogP contribution in [0.2, 0.25) is 0 Å². The second-order valence-electron chi connectivity index (χ2n) is 5.23. The highest BCUT2D eigenvalue weighted by atomic mass is 16.5. The van der Waals surface area contributed by atoms with E-state index in [4.69, 9.17) is 4.74 Å². The Morgan fingerprint density at radius 3 is 2.90 bits per heavy atom. The predicted molar refractivity (Wildman–Crippen MR) is 81.1 cm³/mol. The molecule has 0 bridgehead atoms. The second kappa shape index (κ2) is 8.64. The van der Waals surface area contributed by atoms with Crippen LogP contribution in [0, 0.1) is 5.92 Å². The highest BCUT2D eigenvalue weighted by molar-refractivity contribution is 5.66. The molecule has 1 heterocycles. The van der Waals surface area contributed by atoms with Crippen LogP contribution in [0.25, 0.3) is 0 Å². The molecule has 1 aromatic rings. The molecule has 5 heteroatoms. The van der Waals surface area contributed by atoms with Gasteiger partial charge in [-0.1, -0.05) is 30.3 Å². The van der Waals surface area contributed by atoms with Crippen LogP contribution in [-0.4, -0.2) is 39.4 Å². The van der Waals surface area contributed by atoms with Gasteiger partial charge >= 0.3 is 6.09 Å². The van der Waals surface area contributed by atoms with Crippen LogP contribution in [0.4, 0.5) is 4.79 Å². The summed E-state index contributed by atoms with van der Waals surface area (Å²) >= 11 is 0. The topological polar surface area (TPSA) is 59.6 Å². The van der Waals surface area contributed by atoms with Crippen molar-refractivity contribution >= 4 is 6.09 Å². The average molecular weight is 292 g/mol. The van der Waals surface area contributed by atoms with Crippen molar-refractivity contribution in [1.29, 1.82) is 0 Å². The van der Waals surface area contributed by atoms with E-state index in [1.165, 1.54) is 19.1 Å². The van der Waals surface area contributed by atoms with Crippen LogP contribution < -0.4 is 10.6 Å². The number of amides is 1. The first-order valence-electron chi connectivity index (χ1n) is 7.50. The van der Waals surface area contributed by atoms with E-state index in [-0.39, 0.29) is 6.10 Å². The van der Waals surface area contributed by atoms with E-state index >= 15 is 0 Å². The summed E-state index contributed by atoms with van der Waals surface area (Å²) in [6, 6.07) is 10.3. The number of carbonyl (C=O) groups excluding carboxylic acids is 1. The SMILES string of the molecule is COC(=O)NCCO[C@@H](c1ccccc1)C1CCCNC1. The van der Waals surface area contributed by atoms with Crippen molar-refractivity contribution in [2.24, 2.45) is 5.92 Å². The molecule has 2 N–H and O–H groups in total. The molecule has 1 aliphatic heterocycles. The molecule has 0 radical (unpaired) electrons. The summed E-state index contributed by atoms with van der Waals surface area (Å²) < 4.78 is 10.6. The quantitative estimate of drug-likeness (QED) is 0.788. The Hall–Kier alpha value is -1.59. The minimum absolute atomic E-state index is 0.0680. The van der Waals surface area contributed by atoms with E-state index in [9.17, 15) is 4.79 Å². The Morgan fingerprint density at radius 2 is 2.24 bits per heavy atom. The predicted octanol–water partition coefficient (Wildman–Crippen LogP) is 2.10. The lowest BCUT2D eigenvalue weighted by atomic mass is 9.89. The van der Waals surface area contributed by atoms with Crippen LogP contribution in [-0.2, 0) is 9.47 Å². The largest absolute Gasteiger partial charge is 0.453 e. The molecule has 1 saturated heterocycles. The van der Waals surface area contributed by atoms with E-state index in [2.05, 4.69) is 27.5 Å². The Morgan fingerprint density at radius 1 is 1.43 bits per heavy atom. The molecule has 0 aliphatic carbocycles. The van der Waals surface area contributed by atoms with Gasteiger partial charge in [0.2, 0.25) is 0 Å². The molecule has 21 heavy (non-hydrogen) atoms.